The van der Waals surface area contributed by atoms with Crippen LogP contribution in [0.1, 0.15) is 38.4 Å². The van der Waals surface area contributed by atoms with Gasteiger partial charge >= 0.3 is 0 Å². The number of nitrogens with zero attached hydrogens (tertiary/aromatic N) is 3. The normalized spacial score (nSPS) is 24.4. The molecule has 2 atom stereocenters. The average Bonchev–Trinajstić information content (AvgIpc) is 2.47. The molecule has 2 rings (SSSR count). The van der Waals surface area contributed by atoms with E-state index in [0.29, 0.717) is 12.1 Å². The first-order valence-electron chi connectivity index (χ1n) is 8.19. The van der Waals surface area contributed by atoms with Crippen molar-refractivity contribution in [3.8, 4) is 0 Å². The first-order valence-corrected chi connectivity index (χ1v) is 8.19. The van der Waals surface area contributed by atoms with Gasteiger partial charge in [0.05, 0.1) is 5.69 Å². The Labute approximate surface area is 129 Å². The summed E-state index contributed by atoms with van der Waals surface area (Å²) in [5.41, 5.74) is 2.45. The number of piperazine rings is 1. The van der Waals surface area contributed by atoms with E-state index in [4.69, 9.17) is 0 Å². The Morgan fingerprint density at radius 3 is 2.52 bits per heavy atom. The first-order chi connectivity index (χ1) is 10.1. The molecule has 118 valence electrons. The Morgan fingerprint density at radius 1 is 1.24 bits per heavy atom. The highest BCUT2D eigenvalue weighted by molar-refractivity contribution is 5.14. The van der Waals surface area contributed by atoms with Crippen molar-refractivity contribution in [3.05, 3.63) is 29.6 Å². The van der Waals surface area contributed by atoms with Crippen LogP contribution in [0.25, 0.3) is 0 Å². The summed E-state index contributed by atoms with van der Waals surface area (Å²) in [6.45, 7) is 12.0. The maximum atomic E-state index is 4.63. The summed E-state index contributed by atoms with van der Waals surface area (Å²) in [5.74, 6) is 0. The van der Waals surface area contributed by atoms with E-state index in [0.717, 1.165) is 32.7 Å². The highest BCUT2D eigenvalue weighted by Gasteiger charge is 2.26. The van der Waals surface area contributed by atoms with Crippen LogP contribution in [0.5, 0.6) is 0 Å². The van der Waals surface area contributed by atoms with Crippen molar-refractivity contribution in [1.29, 1.82) is 0 Å². The number of rotatable bonds is 6. The summed E-state index contributed by atoms with van der Waals surface area (Å²) in [6, 6.07) is 5.61. The fourth-order valence-corrected chi connectivity index (χ4v) is 2.93. The van der Waals surface area contributed by atoms with Gasteiger partial charge in [0.15, 0.2) is 0 Å². The molecule has 1 aliphatic heterocycles. The number of likely N-dealkylation sites (N-methyl/N-ethyl adjacent to an activating group) is 1. The Hall–Kier alpha value is -0.970. The molecule has 0 amide bonds. The molecule has 1 saturated heterocycles. The zero-order valence-corrected chi connectivity index (χ0v) is 14.0. The molecule has 21 heavy (non-hydrogen) atoms. The van der Waals surface area contributed by atoms with Crippen LogP contribution in [-0.2, 0) is 13.1 Å². The summed E-state index contributed by atoms with van der Waals surface area (Å²) in [7, 11) is 2.23. The second kappa shape index (κ2) is 7.87. The van der Waals surface area contributed by atoms with Crippen molar-refractivity contribution < 1.29 is 0 Å². The zero-order valence-electron chi connectivity index (χ0n) is 14.0. The van der Waals surface area contributed by atoms with Gasteiger partial charge in [-0.15, -0.1) is 0 Å². The number of aromatic nitrogens is 1. The Kier molecular flexibility index (Phi) is 6.15. The van der Waals surface area contributed by atoms with Gasteiger partial charge in [0.2, 0.25) is 0 Å². The number of hydrogen-bond donors (Lipinski definition) is 1. The van der Waals surface area contributed by atoms with Crippen molar-refractivity contribution in [1.82, 2.24) is 20.1 Å². The van der Waals surface area contributed by atoms with Crippen LogP contribution in [-0.4, -0.2) is 53.5 Å². The van der Waals surface area contributed by atoms with Crippen LogP contribution in [0.2, 0.25) is 0 Å². The molecule has 0 spiro atoms. The highest BCUT2D eigenvalue weighted by atomic mass is 15.3. The third-order valence-electron chi connectivity index (χ3n) is 4.46. The second-order valence-electron chi connectivity index (χ2n) is 6.39. The molecular formula is C17H30N4. The van der Waals surface area contributed by atoms with Crippen LogP contribution in [0.3, 0.4) is 0 Å². The van der Waals surface area contributed by atoms with Gasteiger partial charge in [0.25, 0.3) is 0 Å². The molecule has 1 aliphatic rings. The van der Waals surface area contributed by atoms with Gasteiger partial charge in [-0.2, -0.15) is 0 Å². The lowest BCUT2D eigenvalue weighted by molar-refractivity contribution is 0.0549. The summed E-state index contributed by atoms with van der Waals surface area (Å²) < 4.78 is 0. The molecule has 0 aliphatic carbocycles. The van der Waals surface area contributed by atoms with Crippen molar-refractivity contribution in [2.24, 2.45) is 0 Å². The van der Waals surface area contributed by atoms with Gasteiger partial charge in [-0.1, -0.05) is 13.0 Å². The smallest absolute Gasteiger partial charge is 0.0544 e. The topological polar surface area (TPSA) is 31.4 Å². The number of pyridine rings is 1. The van der Waals surface area contributed by atoms with E-state index in [1.54, 1.807) is 0 Å². The second-order valence-corrected chi connectivity index (χ2v) is 6.39. The van der Waals surface area contributed by atoms with Gasteiger partial charge in [0.1, 0.15) is 0 Å². The van der Waals surface area contributed by atoms with Crippen molar-refractivity contribution in [3.63, 3.8) is 0 Å². The van der Waals surface area contributed by atoms with E-state index < -0.39 is 0 Å². The summed E-state index contributed by atoms with van der Waals surface area (Å²) in [6.07, 6.45) is 3.19. The molecular weight excluding hydrogens is 260 g/mol. The monoisotopic (exact) mass is 290 g/mol. The molecule has 1 N–H and O–H groups in total. The lowest BCUT2D eigenvalue weighted by Crippen LogP contribution is -2.54. The van der Waals surface area contributed by atoms with Crippen molar-refractivity contribution >= 4 is 0 Å². The van der Waals surface area contributed by atoms with Gasteiger partial charge in [-0.05, 0) is 45.5 Å². The number of nitrogens with one attached hydrogen (secondary N) is 1. The van der Waals surface area contributed by atoms with Crippen LogP contribution >= 0.6 is 0 Å². The Bertz CT molecular complexity index is 405. The predicted molar refractivity (Wildman–Crippen MR) is 88.2 cm³/mol. The lowest BCUT2D eigenvalue weighted by atomic mass is 10.1. The molecule has 0 bridgehead atoms. The van der Waals surface area contributed by atoms with E-state index in [1.807, 2.05) is 6.20 Å². The van der Waals surface area contributed by atoms with Crippen LogP contribution in [0.15, 0.2) is 18.3 Å². The minimum atomic E-state index is 0.617. The summed E-state index contributed by atoms with van der Waals surface area (Å²) in [5, 5.41) is 3.41. The first kappa shape index (κ1) is 16.4. The fourth-order valence-electron chi connectivity index (χ4n) is 2.93. The number of hydrogen-bond acceptors (Lipinski definition) is 4. The van der Waals surface area contributed by atoms with Crippen LogP contribution in [0, 0.1) is 0 Å². The Morgan fingerprint density at radius 2 is 1.95 bits per heavy atom. The zero-order chi connectivity index (χ0) is 15.2. The van der Waals surface area contributed by atoms with Gasteiger partial charge in [-0.25, -0.2) is 0 Å². The Balaban J connectivity index is 1.85. The summed E-state index contributed by atoms with van der Waals surface area (Å²) >= 11 is 0. The quantitative estimate of drug-likeness (QED) is 0.813. The third kappa shape index (κ3) is 4.77. The SMILES string of the molecule is CCCNCc1ccc(CN2CC(C)N(C)C(C)C2)nc1. The molecule has 4 heteroatoms. The molecule has 2 heterocycles. The van der Waals surface area contributed by atoms with E-state index in [1.165, 1.54) is 17.7 Å². The van der Waals surface area contributed by atoms with Gasteiger partial charge < -0.3 is 5.32 Å². The largest absolute Gasteiger partial charge is 0.313 e. The summed E-state index contributed by atoms with van der Waals surface area (Å²) in [4.78, 5) is 9.61. The van der Waals surface area contributed by atoms with Gasteiger partial charge in [0, 0.05) is 44.5 Å². The maximum absolute atomic E-state index is 4.63. The molecule has 1 fully saturated rings. The van der Waals surface area contributed by atoms with Crippen molar-refractivity contribution in [2.75, 3.05) is 26.7 Å². The van der Waals surface area contributed by atoms with E-state index in [-0.39, 0.29) is 0 Å². The highest BCUT2D eigenvalue weighted by Crippen LogP contribution is 2.15. The molecule has 2 unspecified atom stereocenters. The minimum Gasteiger partial charge on any atom is -0.313 e. The van der Waals surface area contributed by atoms with E-state index in [2.05, 4.69) is 60.1 Å². The van der Waals surface area contributed by atoms with Crippen LogP contribution < -0.4 is 5.32 Å². The predicted octanol–water partition coefficient (Wildman–Crippen LogP) is 2.11. The molecule has 4 nitrogen and oxygen atoms in total. The third-order valence-corrected chi connectivity index (χ3v) is 4.46. The van der Waals surface area contributed by atoms with E-state index >= 15 is 0 Å². The maximum Gasteiger partial charge on any atom is 0.0544 e. The molecule has 0 radical (unpaired) electrons. The molecule has 1 aromatic heterocycles. The molecule has 0 saturated carbocycles. The van der Waals surface area contributed by atoms with Gasteiger partial charge in [-0.3, -0.25) is 14.8 Å². The van der Waals surface area contributed by atoms with E-state index in [9.17, 15) is 0 Å². The molecule has 0 aromatic carbocycles. The average molecular weight is 290 g/mol. The van der Waals surface area contributed by atoms with Crippen LogP contribution in [0.4, 0.5) is 0 Å². The minimum absolute atomic E-state index is 0.617. The fraction of sp³-hybridized carbons (Fsp3) is 0.706. The molecule has 1 aromatic rings. The van der Waals surface area contributed by atoms with Crippen molar-refractivity contribution in [2.45, 2.75) is 52.4 Å². The lowest BCUT2D eigenvalue weighted by Gasteiger charge is -2.42. The standard InChI is InChI=1S/C17H30N4/c1-5-8-18-9-16-6-7-17(19-10-16)13-21-11-14(2)20(4)15(3)12-21/h6-7,10,14-15,18H,5,8-9,11-13H2,1-4H3.